The van der Waals surface area contributed by atoms with Crippen LogP contribution in [-0.4, -0.2) is 58.3 Å². The van der Waals surface area contributed by atoms with E-state index < -0.39 is 0 Å². The van der Waals surface area contributed by atoms with Crippen molar-refractivity contribution < 1.29 is 9.59 Å². The number of imidazole rings is 1. The van der Waals surface area contributed by atoms with Crippen molar-refractivity contribution in [2.24, 2.45) is 0 Å². The third-order valence-corrected chi connectivity index (χ3v) is 3.93. The van der Waals surface area contributed by atoms with Gasteiger partial charge in [-0.25, -0.2) is 4.98 Å². The van der Waals surface area contributed by atoms with E-state index in [0.717, 1.165) is 11.3 Å². The summed E-state index contributed by atoms with van der Waals surface area (Å²) in [7, 11) is 1.73. The molecule has 3 rings (SSSR count). The van der Waals surface area contributed by atoms with Crippen molar-refractivity contribution in [1.29, 1.82) is 0 Å². The smallest absolute Gasteiger partial charge is 0.290 e. The van der Waals surface area contributed by atoms with Crippen LogP contribution in [0.3, 0.4) is 0 Å². The maximum atomic E-state index is 12.4. The third kappa shape index (κ3) is 2.82. The molecule has 22 heavy (non-hydrogen) atoms. The van der Waals surface area contributed by atoms with Gasteiger partial charge in [-0.1, -0.05) is 23.7 Å². The Morgan fingerprint density at radius 2 is 2.00 bits per heavy atom. The number of halogens is 1. The van der Waals surface area contributed by atoms with E-state index in [4.69, 9.17) is 11.6 Å². The lowest BCUT2D eigenvalue weighted by Crippen LogP contribution is -2.50. The molecular formula is C15H15ClN4O2. The zero-order valence-corrected chi connectivity index (χ0v) is 12.8. The van der Waals surface area contributed by atoms with Crippen molar-refractivity contribution in [2.75, 3.05) is 26.7 Å². The predicted octanol–water partition coefficient (Wildman–Crippen LogP) is 1.64. The zero-order chi connectivity index (χ0) is 15.7. The first-order valence-electron chi connectivity index (χ1n) is 6.89. The molecule has 7 heteroatoms. The maximum Gasteiger partial charge on any atom is 0.290 e. The van der Waals surface area contributed by atoms with Crippen LogP contribution >= 0.6 is 11.6 Å². The minimum absolute atomic E-state index is 0.0657. The number of hydrogen-bond acceptors (Lipinski definition) is 3. The summed E-state index contributed by atoms with van der Waals surface area (Å²) >= 11 is 5.86. The average molecular weight is 319 g/mol. The molecule has 2 amide bonds. The van der Waals surface area contributed by atoms with Gasteiger partial charge in [0.25, 0.3) is 5.91 Å². The second kappa shape index (κ2) is 5.81. The molecule has 0 bridgehead atoms. The number of piperazine rings is 1. The molecule has 1 aromatic heterocycles. The molecule has 1 aromatic carbocycles. The van der Waals surface area contributed by atoms with Gasteiger partial charge >= 0.3 is 0 Å². The van der Waals surface area contributed by atoms with Crippen molar-refractivity contribution in [1.82, 2.24) is 19.8 Å². The molecular weight excluding hydrogens is 304 g/mol. The van der Waals surface area contributed by atoms with Crippen LogP contribution in [0.2, 0.25) is 5.02 Å². The van der Waals surface area contributed by atoms with Crippen molar-refractivity contribution in [3.8, 4) is 11.3 Å². The number of benzene rings is 1. The summed E-state index contributed by atoms with van der Waals surface area (Å²) < 4.78 is 0. The van der Waals surface area contributed by atoms with Crippen molar-refractivity contribution in [2.45, 2.75) is 0 Å². The number of hydrogen-bond donors (Lipinski definition) is 1. The van der Waals surface area contributed by atoms with Crippen LogP contribution in [0.5, 0.6) is 0 Å². The number of nitrogens with zero attached hydrogens (tertiary/aromatic N) is 3. The van der Waals surface area contributed by atoms with Gasteiger partial charge in [-0.2, -0.15) is 0 Å². The first-order chi connectivity index (χ1) is 10.5. The second-order valence-corrected chi connectivity index (χ2v) is 5.63. The molecule has 1 saturated heterocycles. The highest BCUT2D eigenvalue weighted by molar-refractivity contribution is 6.30. The summed E-state index contributed by atoms with van der Waals surface area (Å²) in [6.07, 6.45) is 1.61. The van der Waals surface area contributed by atoms with E-state index >= 15 is 0 Å². The molecule has 6 nitrogen and oxygen atoms in total. The highest BCUT2D eigenvalue weighted by Crippen LogP contribution is 2.20. The van der Waals surface area contributed by atoms with E-state index in [1.807, 2.05) is 12.1 Å². The van der Waals surface area contributed by atoms with Gasteiger partial charge < -0.3 is 14.8 Å². The molecule has 1 aliphatic heterocycles. The van der Waals surface area contributed by atoms with Crippen LogP contribution in [-0.2, 0) is 4.79 Å². The van der Waals surface area contributed by atoms with Gasteiger partial charge in [-0.05, 0) is 17.7 Å². The third-order valence-electron chi connectivity index (χ3n) is 3.68. The van der Waals surface area contributed by atoms with Gasteiger partial charge in [0.2, 0.25) is 5.91 Å². The Bertz CT molecular complexity index is 711. The molecule has 0 spiro atoms. The number of nitrogens with one attached hydrogen (secondary N) is 1. The van der Waals surface area contributed by atoms with Gasteiger partial charge in [0.1, 0.15) is 6.54 Å². The van der Waals surface area contributed by atoms with Crippen LogP contribution in [0.25, 0.3) is 11.3 Å². The second-order valence-electron chi connectivity index (χ2n) is 5.19. The Hall–Kier alpha value is -2.34. The highest BCUT2D eigenvalue weighted by Gasteiger charge is 2.27. The number of H-pyrrole nitrogens is 1. The molecule has 1 fully saturated rings. The summed E-state index contributed by atoms with van der Waals surface area (Å²) in [5.74, 6) is -0.0898. The SMILES string of the molecule is CN1CCN(C(=O)c2ncc(-c3ccc(Cl)cc3)[nH]2)CC1=O. The molecule has 0 saturated carbocycles. The first kappa shape index (κ1) is 14.6. The fourth-order valence-corrected chi connectivity index (χ4v) is 2.41. The quantitative estimate of drug-likeness (QED) is 0.915. The number of aromatic nitrogens is 2. The van der Waals surface area contributed by atoms with Crippen LogP contribution in [0.4, 0.5) is 0 Å². The van der Waals surface area contributed by atoms with E-state index in [1.54, 1.807) is 30.3 Å². The fourth-order valence-electron chi connectivity index (χ4n) is 2.29. The molecule has 0 atom stereocenters. The minimum Gasteiger partial charge on any atom is -0.342 e. The zero-order valence-electron chi connectivity index (χ0n) is 12.0. The maximum absolute atomic E-state index is 12.4. The molecule has 0 aliphatic carbocycles. The lowest BCUT2D eigenvalue weighted by atomic mass is 10.2. The van der Waals surface area contributed by atoms with Gasteiger partial charge in [-0.15, -0.1) is 0 Å². The molecule has 1 aliphatic rings. The van der Waals surface area contributed by atoms with Crippen LogP contribution in [0.1, 0.15) is 10.6 Å². The average Bonchev–Trinajstić information content (AvgIpc) is 3.00. The van der Waals surface area contributed by atoms with E-state index in [-0.39, 0.29) is 24.2 Å². The van der Waals surface area contributed by atoms with E-state index in [9.17, 15) is 9.59 Å². The van der Waals surface area contributed by atoms with E-state index in [1.165, 1.54) is 4.90 Å². The minimum atomic E-state index is -0.262. The van der Waals surface area contributed by atoms with Crippen LogP contribution in [0, 0.1) is 0 Å². The van der Waals surface area contributed by atoms with Crippen molar-refractivity contribution in [3.05, 3.63) is 41.3 Å². The largest absolute Gasteiger partial charge is 0.342 e. The molecule has 2 heterocycles. The van der Waals surface area contributed by atoms with Crippen LogP contribution in [0.15, 0.2) is 30.5 Å². The molecule has 114 valence electrons. The fraction of sp³-hybridized carbons (Fsp3) is 0.267. The Labute approximate surface area is 132 Å². The van der Waals surface area contributed by atoms with Gasteiger partial charge in [0.15, 0.2) is 5.82 Å². The Morgan fingerprint density at radius 1 is 1.27 bits per heavy atom. The number of amides is 2. The van der Waals surface area contributed by atoms with Crippen molar-refractivity contribution >= 4 is 23.4 Å². The van der Waals surface area contributed by atoms with Crippen LogP contribution < -0.4 is 0 Å². The van der Waals surface area contributed by atoms with E-state index in [2.05, 4.69) is 9.97 Å². The number of carbonyl (C=O) groups is 2. The van der Waals surface area contributed by atoms with Crippen molar-refractivity contribution in [3.63, 3.8) is 0 Å². The Kier molecular flexibility index (Phi) is 3.85. The molecule has 1 N–H and O–H groups in total. The van der Waals surface area contributed by atoms with Gasteiger partial charge in [-0.3, -0.25) is 9.59 Å². The first-order valence-corrected chi connectivity index (χ1v) is 7.26. The summed E-state index contributed by atoms with van der Waals surface area (Å²) in [6, 6.07) is 7.25. The number of carbonyl (C=O) groups excluding carboxylic acids is 2. The lowest BCUT2D eigenvalue weighted by molar-refractivity contribution is -0.133. The van der Waals surface area contributed by atoms with Gasteiger partial charge in [0.05, 0.1) is 11.9 Å². The monoisotopic (exact) mass is 318 g/mol. The lowest BCUT2D eigenvalue weighted by Gasteiger charge is -2.31. The number of likely N-dealkylation sites (N-methyl/N-ethyl adjacent to an activating group) is 1. The molecule has 0 radical (unpaired) electrons. The predicted molar refractivity (Wildman–Crippen MR) is 82.6 cm³/mol. The topological polar surface area (TPSA) is 69.3 Å². The normalized spacial score (nSPS) is 15.3. The number of rotatable bonds is 2. The summed E-state index contributed by atoms with van der Waals surface area (Å²) in [5.41, 5.74) is 1.63. The standard InChI is InChI=1S/C15H15ClN4O2/c1-19-6-7-20(9-13(19)21)15(22)14-17-8-12(18-14)10-2-4-11(16)5-3-10/h2-5,8H,6-7,9H2,1H3,(H,17,18). The molecule has 2 aromatic rings. The summed E-state index contributed by atoms with van der Waals surface area (Å²) in [4.78, 5) is 34.3. The Morgan fingerprint density at radius 3 is 2.68 bits per heavy atom. The summed E-state index contributed by atoms with van der Waals surface area (Å²) in [5, 5.41) is 0.649. The number of aromatic amines is 1. The van der Waals surface area contributed by atoms with Gasteiger partial charge in [0, 0.05) is 25.2 Å². The molecule has 0 unspecified atom stereocenters. The highest BCUT2D eigenvalue weighted by atomic mass is 35.5. The summed E-state index contributed by atoms with van der Waals surface area (Å²) in [6.45, 7) is 1.14. The Balaban J connectivity index is 1.77. The van der Waals surface area contributed by atoms with E-state index in [0.29, 0.717) is 18.1 Å².